The predicted molar refractivity (Wildman–Crippen MR) is 100 cm³/mol. The molecule has 1 aromatic rings. The first-order valence-electron chi connectivity index (χ1n) is 10.6. The van der Waals surface area contributed by atoms with Gasteiger partial charge in [-0.25, -0.2) is 0 Å². The molecule has 0 radical (unpaired) electrons. The topological polar surface area (TPSA) is 78.3 Å². The Bertz CT molecular complexity index is 663. The van der Waals surface area contributed by atoms with E-state index in [1.165, 1.54) is 25.8 Å². The van der Waals surface area contributed by atoms with E-state index in [1.807, 2.05) is 9.58 Å². The number of rotatable bonds is 5. The molecule has 4 heterocycles. The fourth-order valence-electron chi connectivity index (χ4n) is 5.42. The molecule has 27 heavy (non-hydrogen) atoms. The first-order valence-corrected chi connectivity index (χ1v) is 10.6. The number of amides is 1. The van der Waals surface area contributed by atoms with Crippen LogP contribution in [-0.4, -0.2) is 69.5 Å². The van der Waals surface area contributed by atoms with Crippen LogP contribution in [0.1, 0.15) is 37.8 Å². The third kappa shape index (κ3) is 3.75. The molecule has 5 rings (SSSR count). The van der Waals surface area contributed by atoms with Gasteiger partial charge in [0.05, 0.1) is 11.6 Å². The van der Waals surface area contributed by atoms with Crippen molar-refractivity contribution in [3.63, 3.8) is 0 Å². The van der Waals surface area contributed by atoms with Gasteiger partial charge in [-0.1, -0.05) is 5.21 Å². The van der Waals surface area contributed by atoms with Gasteiger partial charge in [0.2, 0.25) is 5.91 Å². The van der Waals surface area contributed by atoms with Gasteiger partial charge in [-0.2, -0.15) is 0 Å². The molecule has 0 unspecified atom stereocenters. The first kappa shape index (κ1) is 17.6. The molecule has 8 nitrogen and oxygen atoms in total. The van der Waals surface area contributed by atoms with E-state index in [2.05, 4.69) is 32.3 Å². The van der Waals surface area contributed by atoms with Crippen LogP contribution in [0, 0.1) is 17.8 Å². The molecule has 2 atom stereocenters. The van der Waals surface area contributed by atoms with Crippen molar-refractivity contribution in [3.8, 4) is 0 Å². The second-order valence-electron chi connectivity index (χ2n) is 8.92. The number of hydrazine groups is 1. The maximum absolute atomic E-state index is 12.5. The van der Waals surface area contributed by atoms with Gasteiger partial charge in [0.25, 0.3) is 0 Å². The van der Waals surface area contributed by atoms with Gasteiger partial charge in [-0.05, 0) is 43.9 Å². The van der Waals surface area contributed by atoms with Gasteiger partial charge >= 0.3 is 0 Å². The number of nitrogens with one attached hydrogen (secondary N) is 2. The van der Waals surface area contributed by atoms with Gasteiger partial charge in [-0.15, -0.1) is 5.10 Å². The van der Waals surface area contributed by atoms with Crippen LogP contribution in [0.15, 0.2) is 6.20 Å². The van der Waals surface area contributed by atoms with Crippen molar-refractivity contribution in [1.82, 2.24) is 35.6 Å². The Hall–Kier alpha value is -1.51. The maximum Gasteiger partial charge on any atom is 0.228 e. The Morgan fingerprint density at radius 1 is 1.15 bits per heavy atom. The average Bonchev–Trinajstić information content (AvgIpc) is 3.47. The molecular formula is C19H31N7O. The summed E-state index contributed by atoms with van der Waals surface area (Å²) in [6, 6.07) is 0.785. The van der Waals surface area contributed by atoms with E-state index in [9.17, 15) is 4.79 Å². The van der Waals surface area contributed by atoms with Crippen molar-refractivity contribution in [2.24, 2.45) is 17.8 Å². The summed E-state index contributed by atoms with van der Waals surface area (Å²) in [6.07, 6.45) is 8.43. The molecule has 3 aliphatic heterocycles. The number of aromatic nitrogens is 3. The highest BCUT2D eigenvalue weighted by atomic mass is 16.2. The minimum atomic E-state index is 0.0975. The average molecular weight is 374 g/mol. The van der Waals surface area contributed by atoms with Crippen LogP contribution in [0.5, 0.6) is 0 Å². The third-order valence-electron chi connectivity index (χ3n) is 7.02. The quantitative estimate of drug-likeness (QED) is 0.769. The molecule has 3 saturated heterocycles. The highest BCUT2D eigenvalue weighted by molar-refractivity contribution is 5.79. The molecule has 4 aliphatic rings. The maximum atomic E-state index is 12.5. The van der Waals surface area contributed by atoms with E-state index in [-0.39, 0.29) is 5.92 Å². The molecule has 1 aliphatic carbocycles. The first-order chi connectivity index (χ1) is 13.2. The molecule has 1 saturated carbocycles. The lowest BCUT2D eigenvalue weighted by atomic mass is 9.95. The highest BCUT2D eigenvalue weighted by Crippen LogP contribution is 2.37. The summed E-state index contributed by atoms with van der Waals surface area (Å²) >= 11 is 0. The van der Waals surface area contributed by atoms with Gasteiger partial charge in [0.1, 0.15) is 0 Å². The standard InChI is InChI=1S/C19H31N7O/c27-19(16-8-20-21-9-16)24-5-3-14(4-6-24)11-26-13-17(22-23-26)12-25-10-15-1-2-18(25)7-15/h13-16,18,20-21H,1-12H2/t15-,18-/m0/s1. The zero-order valence-corrected chi connectivity index (χ0v) is 16.0. The fourth-order valence-corrected chi connectivity index (χ4v) is 5.42. The number of hydrogen-bond acceptors (Lipinski definition) is 6. The van der Waals surface area contributed by atoms with E-state index in [1.54, 1.807) is 0 Å². The zero-order chi connectivity index (χ0) is 18.2. The van der Waals surface area contributed by atoms with Crippen LogP contribution >= 0.6 is 0 Å². The number of carbonyl (C=O) groups is 1. The summed E-state index contributed by atoms with van der Waals surface area (Å²) in [5, 5.41) is 8.79. The lowest BCUT2D eigenvalue weighted by Crippen LogP contribution is -2.43. The fraction of sp³-hybridized carbons (Fsp3) is 0.842. The zero-order valence-electron chi connectivity index (χ0n) is 16.0. The number of carbonyl (C=O) groups excluding carboxylic acids is 1. The Morgan fingerprint density at radius 2 is 1.96 bits per heavy atom. The number of piperidine rings is 2. The van der Waals surface area contributed by atoms with Gasteiger partial charge in [-0.3, -0.25) is 25.2 Å². The summed E-state index contributed by atoms with van der Waals surface area (Å²) in [5.41, 5.74) is 7.21. The number of nitrogens with zero attached hydrogens (tertiary/aromatic N) is 5. The second-order valence-corrected chi connectivity index (χ2v) is 8.92. The van der Waals surface area contributed by atoms with E-state index >= 15 is 0 Å². The van der Waals surface area contributed by atoms with Crippen LogP contribution < -0.4 is 10.9 Å². The molecule has 1 aromatic heterocycles. The number of hydrogen-bond donors (Lipinski definition) is 2. The minimum Gasteiger partial charge on any atom is -0.342 e. The van der Waals surface area contributed by atoms with Crippen LogP contribution in [0.3, 0.4) is 0 Å². The molecule has 0 aromatic carbocycles. The summed E-state index contributed by atoms with van der Waals surface area (Å²) < 4.78 is 2.02. The van der Waals surface area contributed by atoms with Crippen molar-refractivity contribution >= 4 is 5.91 Å². The molecule has 0 spiro atoms. The monoisotopic (exact) mass is 373 g/mol. The van der Waals surface area contributed by atoms with Crippen LogP contribution in [0.25, 0.3) is 0 Å². The summed E-state index contributed by atoms with van der Waals surface area (Å²) in [5.74, 6) is 1.91. The van der Waals surface area contributed by atoms with Crippen LogP contribution in [0.2, 0.25) is 0 Å². The molecule has 8 heteroatoms. The third-order valence-corrected chi connectivity index (χ3v) is 7.02. The summed E-state index contributed by atoms with van der Waals surface area (Å²) in [6.45, 7) is 6.37. The minimum absolute atomic E-state index is 0.0975. The predicted octanol–water partition coefficient (Wildman–Crippen LogP) is 0.225. The SMILES string of the molecule is O=C(C1CNNC1)N1CCC(Cn2cc(CN3C[C@H]4CC[C@H]3C4)nn2)CC1. The van der Waals surface area contributed by atoms with Crippen molar-refractivity contribution in [1.29, 1.82) is 0 Å². The number of likely N-dealkylation sites (tertiary alicyclic amines) is 2. The molecule has 148 valence electrons. The van der Waals surface area contributed by atoms with Crippen molar-refractivity contribution in [3.05, 3.63) is 11.9 Å². The highest BCUT2D eigenvalue weighted by Gasteiger charge is 2.37. The van der Waals surface area contributed by atoms with Crippen molar-refractivity contribution in [2.45, 2.75) is 51.2 Å². The Morgan fingerprint density at radius 3 is 2.67 bits per heavy atom. The molecule has 2 N–H and O–H groups in total. The lowest BCUT2D eigenvalue weighted by molar-refractivity contribution is -0.136. The van der Waals surface area contributed by atoms with Crippen molar-refractivity contribution in [2.75, 3.05) is 32.7 Å². The molecular weight excluding hydrogens is 342 g/mol. The van der Waals surface area contributed by atoms with E-state index < -0.39 is 0 Å². The number of fused-ring (bicyclic) bond motifs is 2. The molecule has 4 fully saturated rings. The normalized spacial score (nSPS) is 29.9. The largest absolute Gasteiger partial charge is 0.342 e. The van der Waals surface area contributed by atoms with E-state index in [4.69, 9.17) is 0 Å². The lowest BCUT2D eigenvalue weighted by Gasteiger charge is -2.33. The van der Waals surface area contributed by atoms with Crippen LogP contribution in [0.4, 0.5) is 0 Å². The van der Waals surface area contributed by atoms with Crippen molar-refractivity contribution < 1.29 is 4.79 Å². The smallest absolute Gasteiger partial charge is 0.228 e. The molecule has 1 amide bonds. The van der Waals surface area contributed by atoms with Gasteiger partial charge < -0.3 is 4.90 Å². The summed E-state index contributed by atoms with van der Waals surface area (Å²) in [7, 11) is 0. The Labute approximate surface area is 160 Å². The Kier molecular flexibility index (Phi) is 4.87. The van der Waals surface area contributed by atoms with Crippen LogP contribution in [-0.2, 0) is 17.9 Å². The Balaban J connectivity index is 1.09. The molecule has 2 bridgehead atoms. The van der Waals surface area contributed by atoms with E-state index in [0.29, 0.717) is 11.8 Å². The van der Waals surface area contributed by atoms with E-state index in [0.717, 1.165) is 69.8 Å². The second kappa shape index (κ2) is 7.48. The van der Waals surface area contributed by atoms with Gasteiger partial charge in [0, 0.05) is 58.1 Å². The van der Waals surface area contributed by atoms with Gasteiger partial charge in [0.15, 0.2) is 0 Å². The summed E-state index contributed by atoms with van der Waals surface area (Å²) in [4.78, 5) is 17.1.